The zero-order chi connectivity index (χ0) is 31.9. The van der Waals surface area contributed by atoms with E-state index in [9.17, 15) is 19.2 Å². The first-order chi connectivity index (χ1) is 20.9. The van der Waals surface area contributed by atoms with Gasteiger partial charge in [0.15, 0.2) is 5.82 Å². The Hall–Kier alpha value is -4.81. The van der Waals surface area contributed by atoms with Gasteiger partial charge >= 0.3 is 0 Å². The van der Waals surface area contributed by atoms with Gasteiger partial charge in [0.05, 0.1) is 19.5 Å². The van der Waals surface area contributed by atoms with Crippen LogP contribution < -0.4 is 26.2 Å². The van der Waals surface area contributed by atoms with Gasteiger partial charge in [-0.05, 0) is 56.0 Å². The summed E-state index contributed by atoms with van der Waals surface area (Å²) in [5, 5.41) is 25.3. The number of benzene rings is 2. The molecule has 234 valence electrons. The molecule has 1 aliphatic rings. The van der Waals surface area contributed by atoms with Gasteiger partial charge in [-0.25, -0.2) is 0 Å². The fourth-order valence-corrected chi connectivity index (χ4v) is 5.09. The molecule has 0 fully saturated rings. The summed E-state index contributed by atoms with van der Waals surface area (Å²) in [6.45, 7) is 9.63. The number of anilines is 2. The highest BCUT2D eigenvalue weighted by Gasteiger charge is 2.39. The summed E-state index contributed by atoms with van der Waals surface area (Å²) in [5.41, 5.74) is 2.94. The van der Waals surface area contributed by atoms with Crippen molar-refractivity contribution in [3.8, 4) is 0 Å². The fourth-order valence-electron chi connectivity index (χ4n) is 5.09. The van der Waals surface area contributed by atoms with Gasteiger partial charge in [0, 0.05) is 23.3 Å². The number of carbonyl (C=O) groups is 4. The molecule has 3 atom stereocenters. The van der Waals surface area contributed by atoms with Crippen molar-refractivity contribution in [1.82, 2.24) is 36.6 Å². The topological polar surface area (TPSA) is 174 Å². The first-order valence-corrected chi connectivity index (χ1v) is 14.8. The van der Waals surface area contributed by atoms with Crippen molar-refractivity contribution in [2.45, 2.75) is 78.0 Å². The molecule has 0 saturated heterocycles. The quantitative estimate of drug-likeness (QED) is 0.209. The molecule has 44 heavy (non-hydrogen) atoms. The van der Waals surface area contributed by atoms with Crippen molar-refractivity contribution in [1.29, 1.82) is 0 Å². The maximum Gasteiger partial charge on any atom is 0.247 e. The van der Waals surface area contributed by atoms with E-state index >= 15 is 0 Å². The highest BCUT2D eigenvalue weighted by molar-refractivity contribution is 6.05. The third-order valence-corrected chi connectivity index (χ3v) is 7.40. The average Bonchev–Trinajstić information content (AvgIpc) is 3.64. The Morgan fingerprint density at radius 2 is 1.82 bits per heavy atom. The second kappa shape index (κ2) is 14.1. The predicted octanol–water partition coefficient (Wildman–Crippen LogP) is 1.87. The second-order valence-electron chi connectivity index (χ2n) is 12.1. The van der Waals surface area contributed by atoms with Gasteiger partial charge in [0.25, 0.3) is 0 Å². The summed E-state index contributed by atoms with van der Waals surface area (Å²) in [5.74, 6) is -1.45. The van der Waals surface area contributed by atoms with Crippen LogP contribution in [0.3, 0.4) is 0 Å². The SMILES string of the molecule is CCC(C)C(NC(=O)Cc1ccccc1)C(=O)NCC(=O)N1c2ccc(NC(C)(C)C)cc2C[C@H]1C(=O)NCc1nn[nH]n1. The third kappa shape index (κ3) is 8.39. The number of nitrogens with one attached hydrogen (secondary N) is 5. The van der Waals surface area contributed by atoms with Crippen LogP contribution in [-0.4, -0.2) is 68.4 Å². The maximum absolute atomic E-state index is 13.7. The van der Waals surface area contributed by atoms with Gasteiger partial charge in [-0.2, -0.15) is 5.21 Å². The Morgan fingerprint density at radius 3 is 2.48 bits per heavy atom. The van der Waals surface area contributed by atoms with Gasteiger partial charge < -0.3 is 21.3 Å². The molecule has 0 saturated carbocycles. The highest BCUT2D eigenvalue weighted by atomic mass is 16.2. The predicted molar refractivity (Wildman–Crippen MR) is 165 cm³/mol. The number of nitrogens with zero attached hydrogens (tertiary/aromatic N) is 4. The number of aromatic nitrogens is 4. The lowest BCUT2D eigenvalue weighted by Gasteiger charge is -2.27. The lowest BCUT2D eigenvalue weighted by molar-refractivity contribution is -0.131. The molecule has 0 bridgehead atoms. The number of fused-ring (bicyclic) bond motifs is 1. The van der Waals surface area contributed by atoms with Crippen LogP contribution >= 0.6 is 0 Å². The largest absolute Gasteiger partial charge is 0.380 e. The normalized spacial score (nSPS) is 15.6. The van der Waals surface area contributed by atoms with Crippen LogP contribution in [0.1, 0.15) is 58.0 Å². The van der Waals surface area contributed by atoms with Crippen molar-refractivity contribution in [3.05, 3.63) is 65.5 Å². The molecule has 0 radical (unpaired) electrons. The fraction of sp³-hybridized carbons (Fsp3) is 0.452. The Labute approximate surface area is 256 Å². The molecule has 1 aliphatic heterocycles. The molecular weight excluding hydrogens is 562 g/mol. The lowest BCUT2D eigenvalue weighted by atomic mass is 9.98. The summed E-state index contributed by atoms with van der Waals surface area (Å²) in [6.07, 6.45) is 1.07. The minimum atomic E-state index is -0.845. The number of aromatic amines is 1. The molecule has 1 aromatic heterocycles. The third-order valence-electron chi connectivity index (χ3n) is 7.40. The van der Waals surface area contributed by atoms with Gasteiger partial charge in [0.1, 0.15) is 12.1 Å². The molecule has 2 heterocycles. The van der Waals surface area contributed by atoms with E-state index in [4.69, 9.17) is 0 Å². The van der Waals surface area contributed by atoms with Crippen molar-refractivity contribution < 1.29 is 19.2 Å². The monoisotopic (exact) mass is 603 g/mol. The number of rotatable bonds is 12. The molecule has 5 N–H and O–H groups in total. The summed E-state index contributed by atoms with van der Waals surface area (Å²) in [6, 6.07) is 13.2. The minimum absolute atomic E-state index is 0.0387. The van der Waals surface area contributed by atoms with E-state index in [1.165, 1.54) is 4.90 Å². The second-order valence-corrected chi connectivity index (χ2v) is 12.1. The molecule has 3 aromatic rings. The molecule has 13 nitrogen and oxygen atoms in total. The molecule has 4 amide bonds. The standard InChI is InChI=1S/C31H41N9O4/c1-6-19(2)28(34-26(41)14-20-10-8-7-9-11-20)30(44)33-18-27(42)40-23-13-12-22(35-31(3,4)5)15-21(23)16-24(40)29(43)32-17-25-36-38-39-37-25/h7-13,15,19,24,28,35H,6,14,16-18H2,1-5H3,(H,32,43)(H,33,44)(H,34,41)(H,36,37,38,39)/t19?,24-,28?/m0/s1. The molecule has 0 spiro atoms. The zero-order valence-corrected chi connectivity index (χ0v) is 25.8. The number of hydrogen-bond acceptors (Lipinski definition) is 8. The average molecular weight is 604 g/mol. The number of hydrogen-bond donors (Lipinski definition) is 5. The smallest absolute Gasteiger partial charge is 0.247 e. The number of amides is 4. The molecule has 0 aliphatic carbocycles. The van der Waals surface area contributed by atoms with Crippen molar-refractivity contribution in [2.24, 2.45) is 5.92 Å². The van der Waals surface area contributed by atoms with E-state index in [2.05, 4.69) is 41.9 Å². The summed E-state index contributed by atoms with van der Waals surface area (Å²) >= 11 is 0. The Morgan fingerprint density at radius 1 is 1.07 bits per heavy atom. The van der Waals surface area contributed by atoms with Crippen LogP contribution in [0.4, 0.5) is 11.4 Å². The summed E-state index contributed by atoms with van der Waals surface area (Å²) in [4.78, 5) is 54.6. The van der Waals surface area contributed by atoms with Gasteiger partial charge in [-0.3, -0.25) is 24.1 Å². The highest BCUT2D eigenvalue weighted by Crippen LogP contribution is 2.35. The van der Waals surface area contributed by atoms with E-state index in [0.717, 1.165) is 16.8 Å². The van der Waals surface area contributed by atoms with Crippen LogP contribution in [-0.2, 0) is 38.6 Å². The van der Waals surface area contributed by atoms with Crippen LogP contribution in [0, 0.1) is 5.92 Å². The van der Waals surface area contributed by atoms with E-state index in [-0.39, 0.29) is 49.2 Å². The van der Waals surface area contributed by atoms with Gasteiger partial charge in [-0.1, -0.05) is 55.8 Å². The van der Waals surface area contributed by atoms with Crippen molar-refractivity contribution in [3.63, 3.8) is 0 Å². The maximum atomic E-state index is 13.7. The Kier molecular flexibility index (Phi) is 10.3. The number of H-pyrrole nitrogens is 1. The van der Waals surface area contributed by atoms with E-state index < -0.39 is 23.9 Å². The Balaban J connectivity index is 1.48. The van der Waals surface area contributed by atoms with Crippen LogP contribution in [0.25, 0.3) is 0 Å². The summed E-state index contributed by atoms with van der Waals surface area (Å²) in [7, 11) is 0. The van der Waals surface area contributed by atoms with E-state index in [1.807, 2.05) is 77.1 Å². The molecule has 2 unspecified atom stereocenters. The van der Waals surface area contributed by atoms with Crippen LogP contribution in [0.2, 0.25) is 0 Å². The van der Waals surface area contributed by atoms with Gasteiger partial charge in [-0.15, -0.1) is 10.2 Å². The summed E-state index contributed by atoms with van der Waals surface area (Å²) < 4.78 is 0. The van der Waals surface area contributed by atoms with Crippen molar-refractivity contribution in [2.75, 3.05) is 16.8 Å². The first-order valence-electron chi connectivity index (χ1n) is 14.8. The zero-order valence-electron chi connectivity index (χ0n) is 25.8. The molecule has 13 heteroatoms. The van der Waals surface area contributed by atoms with Crippen LogP contribution in [0.15, 0.2) is 48.5 Å². The lowest BCUT2D eigenvalue weighted by Crippen LogP contribution is -2.54. The molecule has 2 aromatic carbocycles. The first kappa shape index (κ1) is 32.1. The molecule has 4 rings (SSSR count). The molecular formula is C31H41N9O4. The Bertz CT molecular complexity index is 1450. The van der Waals surface area contributed by atoms with Gasteiger partial charge in [0.2, 0.25) is 23.6 Å². The minimum Gasteiger partial charge on any atom is -0.380 e. The number of carbonyl (C=O) groups excluding carboxylic acids is 4. The van der Waals surface area contributed by atoms with Crippen LogP contribution in [0.5, 0.6) is 0 Å². The van der Waals surface area contributed by atoms with E-state index in [0.29, 0.717) is 17.9 Å². The van der Waals surface area contributed by atoms with E-state index in [1.54, 1.807) is 6.07 Å². The number of tetrazole rings is 1. The van der Waals surface area contributed by atoms with Crippen molar-refractivity contribution >= 4 is 35.0 Å².